The molecule has 4 heteroatoms. The molecular weight excluding hydrogens is 316 g/mol. The van der Waals surface area contributed by atoms with E-state index in [4.69, 9.17) is 0 Å². The number of fused-ring (bicyclic) bond motifs is 1. The number of carbonyl (C=O) groups is 1. The highest BCUT2D eigenvalue weighted by Crippen LogP contribution is 2.20. The van der Waals surface area contributed by atoms with Crippen molar-refractivity contribution in [2.75, 3.05) is 12.8 Å². The second-order valence-corrected chi connectivity index (χ2v) is 6.80. The third-order valence-electron chi connectivity index (χ3n) is 4.01. The van der Waals surface area contributed by atoms with Gasteiger partial charge in [0.05, 0.1) is 16.3 Å². The molecule has 0 saturated heterocycles. The van der Waals surface area contributed by atoms with E-state index in [0.717, 1.165) is 15.9 Å². The maximum atomic E-state index is 12.4. The van der Waals surface area contributed by atoms with E-state index in [-0.39, 0.29) is 5.91 Å². The van der Waals surface area contributed by atoms with E-state index in [1.807, 2.05) is 55.6 Å². The number of thioether (sulfide) groups is 1. The van der Waals surface area contributed by atoms with Crippen molar-refractivity contribution in [3.63, 3.8) is 0 Å². The van der Waals surface area contributed by atoms with Gasteiger partial charge in [-0.3, -0.25) is 4.79 Å². The molecule has 1 heterocycles. The van der Waals surface area contributed by atoms with E-state index >= 15 is 0 Å². The van der Waals surface area contributed by atoms with Crippen LogP contribution in [0, 0.1) is 6.92 Å². The number of aromatic nitrogens is 1. The summed E-state index contributed by atoms with van der Waals surface area (Å²) in [5.74, 6) is 0.506. The predicted molar refractivity (Wildman–Crippen MR) is 100 cm³/mol. The van der Waals surface area contributed by atoms with Crippen LogP contribution in [-0.4, -0.2) is 28.6 Å². The van der Waals surface area contributed by atoms with E-state index in [2.05, 4.69) is 24.0 Å². The second-order valence-electron chi connectivity index (χ2n) is 5.81. The molecule has 0 bridgehead atoms. The quantitative estimate of drug-likeness (QED) is 0.652. The molecule has 3 rings (SSSR count). The number of rotatable bonds is 5. The van der Waals surface area contributed by atoms with Gasteiger partial charge in [0.1, 0.15) is 0 Å². The molecule has 0 aliphatic carbocycles. The largest absolute Gasteiger partial charge is 0.341 e. The van der Waals surface area contributed by atoms with Crippen LogP contribution in [-0.2, 0) is 11.3 Å². The fourth-order valence-corrected chi connectivity index (χ4v) is 3.32. The molecule has 3 aromatic rings. The van der Waals surface area contributed by atoms with Crippen molar-refractivity contribution < 1.29 is 4.79 Å². The van der Waals surface area contributed by atoms with Gasteiger partial charge in [-0.25, -0.2) is 4.98 Å². The zero-order valence-electron chi connectivity index (χ0n) is 13.9. The third-order valence-corrected chi connectivity index (χ3v) is 4.93. The molecule has 0 N–H and O–H groups in total. The highest BCUT2D eigenvalue weighted by Gasteiger charge is 2.11. The van der Waals surface area contributed by atoms with Crippen LogP contribution in [0.25, 0.3) is 10.9 Å². The maximum Gasteiger partial charge on any atom is 0.233 e. The Morgan fingerprint density at radius 1 is 1.04 bits per heavy atom. The number of hydrogen-bond acceptors (Lipinski definition) is 3. The van der Waals surface area contributed by atoms with Crippen LogP contribution in [0.1, 0.15) is 11.1 Å². The summed E-state index contributed by atoms with van der Waals surface area (Å²) >= 11 is 1.48. The lowest BCUT2D eigenvalue weighted by molar-refractivity contribution is -0.127. The average molecular weight is 336 g/mol. The molecule has 0 saturated carbocycles. The van der Waals surface area contributed by atoms with Crippen LogP contribution in [0.3, 0.4) is 0 Å². The van der Waals surface area contributed by atoms with Gasteiger partial charge >= 0.3 is 0 Å². The first-order chi connectivity index (χ1) is 11.6. The van der Waals surface area contributed by atoms with Gasteiger partial charge in [0.25, 0.3) is 0 Å². The first-order valence-corrected chi connectivity index (χ1v) is 8.89. The smallest absolute Gasteiger partial charge is 0.233 e. The zero-order valence-corrected chi connectivity index (χ0v) is 14.7. The van der Waals surface area contributed by atoms with Crippen molar-refractivity contribution in [2.24, 2.45) is 0 Å². The highest BCUT2D eigenvalue weighted by molar-refractivity contribution is 7.99. The van der Waals surface area contributed by atoms with Crippen molar-refractivity contribution in [1.29, 1.82) is 0 Å². The molecule has 0 spiro atoms. The van der Waals surface area contributed by atoms with Gasteiger partial charge in [0.15, 0.2) is 0 Å². The van der Waals surface area contributed by atoms with Crippen LogP contribution in [0.4, 0.5) is 0 Å². The van der Waals surface area contributed by atoms with Gasteiger partial charge in [0, 0.05) is 19.0 Å². The Bertz CT molecular complexity index is 863. The number of carbonyl (C=O) groups excluding carboxylic acids is 1. The molecule has 2 aromatic carbocycles. The zero-order chi connectivity index (χ0) is 16.9. The highest BCUT2D eigenvalue weighted by atomic mass is 32.2. The molecule has 0 aliphatic rings. The Kier molecular flexibility index (Phi) is 5.16. The fraction of sp³-hybridized carbons (Fsp3) is 0.200. The van der Waals surface area contributed by atoms with Crippen molar-refractivity contribution in [2.45, 2.75) is 18.5 Å². The lowest BCUT2D eigenvalue weighted by Crippen LogP contribution is -2.28. The third kappa shape index (κ3) is 3.95. The number of para-hydroxylation sites is 1. The molecule has 0 aliphatic heterocycles. The minimum absolute atomic E-state index is 0.109. The first kappa shape index (κ1) is 16.5. The monoisotopic (exact) mass is 336 g/mol. The van der Waals surface area contributed by atoms with Crippen molar-refractivity contribution in [3.8, 4) is 0 Å². The van der Waals surface area contributed by atoms with Crippen molar-refractivity contribution >= 4 is 28.6 Å². The van der Waals surface area contributed by atoms with E-state index < -0.39 is 0 Å². The summed E-state index contributed by atoms with van der Waals surface area (Å²) in [6.45, 7) is 2.71. The lowest BCUT2D eigenvalue weighted by atomic mass is 10.1. The van der Waals surface area contributed by atoms with Crippen molar-refractivity contribution in [3.05, 3.63) is 71.8 Å². The molecule has 24 heavy (non-hydrogen) atoms. The normalized spacial score (nSPS) is 10.8. The molecule has 0 radical (unpaired) electrons. The molecule has 122 valence electrons. The van der Waals surface area contributed by atoms with Crippen LogP contribution >= 0.6 is 11.8 Å². The summed E-state index contributed by atoms with van der Waals surface area (Å²) in [7, 11) is 1.85. The summed E-state index contributed by atoms with van der Waals surface area (Å²) in [5.41, 5.74) is 3.35. The Hall–Kier alpha value is -2.33. The number of benzene rings is 2. The van der Waals surface area contributed by atoms with Crippen LogP contribution in [0.15, 0.2) is 65.7 Å². The van der Waals surface area contributed by atoms with Gasteiger partial charge in [-0.05, 0) is 30.2 Å². The molecule has 0 fully saturated rings. The topological polar surface area (TPSA) is 33.2 Å². The van der Waals surface area contributed by atoms with Gasteiger partial charge < -0.3 is 4.90 Å². The summed E-state index contributed by atoms with van der Waals surface area (Å²) in [4.78, 5) is 18.7. The van der Waals surface area contributed by atoms with Crippen LogP contribution in [0.5, 0.6) is 0 Å². The number of amides is 1. The number of pyridine rings is 1. The van der Waals surface area contributed by atoms with E-state index in [1.165, 1.54) is 22.9 Å². The molecular formula is C20H20N2OS. The molecule has 0 atom stereocenters. The van der Waals surface area contributed by atoms with Crippen LogP contribution in [0.2, 0.25) is 0 Å². The Balaban J connectivity index is 1.60. The first-order valence-electron chi connectivity index (χ1n) is 7.90. The fourth-order valence-electron chi connectivity index (χ4n) is 2.50. The second kappa shape index (κ2) is 7.49. The van der Waals surface area contributed by atoms with Crippen molar-refractivity contribution in [1.82, 2.24) is 9.88 Å². The van der Waals surface area contributed by atoms with E-state index in [1.54, 1.807) is 4.90 Å². The summed E-state index contributed by atoms with van der Waals surface area (Å²) < 4.78 is 0. The molecule has 1 aromatic heterocycles. The van der Waals surface area contributed by atoms with Gasteiger partial charge in [-0.2, -0.15) is 0 Å². The maximum absolute atomic E-state index is 12.4. The lowest BCUT2D eigenvalue weighted by Gasteiger charge is -2.18. The number of hydrogen-bond donors (Lipinski definition) is 0. The molecule has 0 unspecified atom stereocenters. The Morgan fingerprint density at radius 3 is 2.62 bits per heavy atom. The summed E-state index contributed by atoms with van der Waals surface area (Å²) in [5, 5.41) is 2.00. The standard InChI is InChI=1S/C20H20N2OS/c1-15-7-3-4-9-17(15)13-22(2)20(23)14-24-19-12-11-16-8-5-6-10-18(16)21-19/h3-12H,13-14H2,1-2H3. The minimum atomic E-state index is 0.109. The van der Waals surface area contributed by atoms with Gasteiger partial charge in [-0.1, -0.05) is 60.3 Å². The van der Waals surface area contributed by atoms with Crippen LogP contribution < -0.4 is 0 Å². The summed E-state index contributed by atoms with van der Waals surface area (Å²) in [6.07, 6.45) is 0. The van der Waals surface area contributed by atoms with E-state index in [9.17, 15) is 4.79 Å². The Morgan fingerprint density at radius 2 is 1.79 bits per heavy atom. The minimum Gasteiger partial charge on any atom is -0.341 e. The number of aryl methyl sites for hydroxylation is 1. The van der Waals surface area contributed by atoms with E-state index in [0.29, 0.717) is 12.3 Å². The molecule has 3 nitrogen and oxygen atoms in total. The number of nitrogens with zero attached hydrogens (tertiary/aromatic N) is 2. The van der Waals surface area contributed by atoms with Gasteiger partial charge in [-0.15, -0.1) is 0 Å². The Labute approximate surface area is 146 Å². The summed E-state index contributed by atoms with van der Waals surface area (Å²) in [6, 6.07) is 20.2. The molecule has 1 amide bonds. The van der Waals surface area contributed by atoms with Gasteiger partial charge in [0.2, 0.25) is 5.91 Å². The average Bonchev–Trinajstić information content (AvgIpc) is 2.61. The predicted octanol–water partition coefficient (Wildman–Crippen LogP) is 4.29. The SMILES string of the molecule is Cc1ccccc1CN(C)C(=O)CSc1ccc2ccccc2n1.